The Labute approximate surface area is 145 Å². The summed E-state index contributed by atoms with van der Waals surface area (Å²) in [5, 5.41) is 4.82. The number of benzene rings is 2. The number of anilines is 2. The maximum absolute atomic E-state index is 6.30. The first-order valence-corrected chi connectivity index (χ1v) is 7.89. The summed E-state index contributed by atoms with van der Waals surface area (Å²) in [7, 11) is 1.94. The number of hydrogen-bond donors (Lipinski definition) is 1. The summed E-state index contributed by atoms with van der Waals surface area (Å²) in [5.74, 6) is 0. The fourth-order valence-corrected chi connectivity index (χ4v) is 2.28. The number of nitrogens with one attached hydrogen (secondary N) is 1. The van der Waals surface area contributed by atoms with Crippen LogP contribution in [0.1, 0.15) is 6.92 Å². The third-order valence-corrected chi connectivity index (χ3v) is 4.02. The van der Waals surface area contributed by atoms with Gasteiger partial charge in [0.05, 0.1) is 38.5 Å². The van der Waals surface area contributed by atoms with E-state index in [2.05, 4.69) is 10.3 Å². The van der Waals surface area contributed by atoms with E-state index in [1.54, 1.807) is 24.5 Å². The molecule has 0 aliphatic carbocycles. The zero-order chi connectivity index (χ0) is 16.1. The molecule has 0 saturated heterocycles. The van der Waals surface area contributed by atoms with Crippen LogP contribution in [0.15, 0.2) is 41.4 Å². The van der Waals surface area contributed by atoms with Gasteiger partial charge in [0.2, 0.25) is 0 Å². The summed E-state index contributed by atoms with van der Waals surface area (Å²) in [5.41, 5.74) is 2.07. The molecule has 3 nitrogen and oxygen atoms in total. The normalized spacial score (nSPS) is 11.0. The van der Waals surface area contributed by atoms with Gasteiger partial charge >= 0.3 is 0 Å². The van der Waals surface area contributed by atoms with Gasteiger partial charge < -0.3 is 10.2 Å². The fourth-order valence-electron chi connectivity index (χ4n) is 1.68. The van der Waals surface area contributed by atoms with Crippen molar-refractivity contribution in [3.05, 3.63) is 51.5 Å². The van der Waals surface area contributed by atoms with Crippen molar-refractivity contribution in [3.8, 4) is 0 Å². The van der Waals surface area contributed by atoms with Crippen LogP contribution in [0.25, 0.3) is 0 Å². The van der Waals surface area contributed by atoms with Gasteiger partial charge in [0.25, 0.3) is 0 Å². The molecule has 2 aromatic carbocycles. The summed E-state index contributed by atoms with van der Waals surface area (Å²) < 4.78 is 0. The number of rotatable bonds is 5. The van der Waals surface area contributed by atoms with Gasteiger partial charge in [0.1, 0.15) is 0 Å². The number of hydrogen-bond acceptors (Lipinski definition) is 2. The van der Waals surface area contributed by atoms with Gasteiger partial charge in [-0.15, -0.1) is 0 Å². The van der Waals surface area contributed by atoms with Crippen LogP contribution in [0.3, 0.4) is 0 Å². The average molecular weight is 357 g/mol. The molecule has 0 radical (unpaired) electrons. The van der Waals surface area contributed by atoms with E-state index in [0.717, 1.165) is 12.2 Å². The highest BCUT2D eigenvalue weighted by atomic mass is 35.5. The average Bonchev–Trinajstić information content (AvgIpc) is 2.51. The van der Waals surface area contributed by atoms with Gasteiger partial charge in [-0.3, -0.25) is 0 Å². The number of para-hydroxylation sites is 1. The molecule has 116 valence electrons. The predicted molar refractivity (Wildman–Crippen MR) is 97.7 cm³/mol. The van der Waals surface area contributed by atoms with Gasteiger partial charge in [-0.25, -0.2) is 4.99 Å². The standard InChI is InChI=1S/C16H16Cl3N3/c1-3-22(2)10-20-15-8-13(19)16(9-12(15)18)21-14-7-5-4-6-11(14)17/h4-10,21H,3H2,1-2H3/b20-10-. The SMILES string of the molecule is CCN(C)/C=N\c1cc(Cl)c(Nc2ccccc2Cl)cc1Cl. The minimum absolute atomic E-state index is 0.514. The molecule has 6 heteroatoms. The lowest BCUT2D eigenvalue weighted by Crippen LogP contribution is -2.14. The summed E-state index contributed by atoms with van der Waals surface area (Å²) in [6, 6.07) is 10.9. The van der Waals surface area contributed by atoms with Crippen molar-refractivity contribution in [2.45, 2.75) is 6.92 Å². The van der Waals surface area contributed by atoms with Crippen LogP contribution in [-0.2, 0) is 0 Å². The molecule has 0 bridgehead atoms. The topological polar surface area (TPSA) is 27.6 Å². The zero-order valence-electron chi connectivity index (χ0n) is 12.3. The van der Waals surface area contributed by atoms with E-state index in [1.165, 1.54) is 0 Å². The Morgan fingerprint density at radius 1 is 1.05 bits per heavy atom. The highest BCUT2D eigenvalue weighted by Crippen LogP contribution is 2.36. The Kier molecular flexibility index (Phi) is 5.95. The molecule has 0 aliphatic heterocycles. The summed E-state index contributed by atoms with van der Waals surface area (Å²) in [6.45, 7) is 2.90. The highest BCUT2D eigenvalue weighted by molar-refractivity contribution is 6.37. The maximum atomic E-state index is 6.30. The predicted octanol–water partition coefficient (Wildman–Crippen LogP) is 6.00. The van der Waals surface area contributed by atoms with Crippen molar-refractivity contribution in [1.82, 2.24) is 4.90 Å². The van der Waals surface area contributed by atoms with E-state index >= 15 is 0 Å². The summed E-state index contributed by atoms with van der Waals surface area (Å²) >= 11 is 18.7. The minimum Gasteiger partial charge on any atom is -0.366 e. The van der Waals surface area contributed by atoms with Crippen molar-refractivity contribution in [3.63, 3.8) is 0 Å². The van der Waals surface area contributed by atoms with E-state index in [0.29, 0.717) is 26.4 Å². The lowest BCUT2D eigenvalue weighted by Gasteiger charge is -2.12. The van der Waals surface area contributed by atoms with Crippen molar-refractivity contribution in [2.24, 2.45) is 4.99 Å². The van der Waals surface area contributed by atoms with Crippen molar-refractivity contribution < 1.29 is 0 Å². The molecule has 0 saturated carbocycles. The molecule has 0 spiro atoms. The lowest BCUT2D eigenvalue weighted by molar-refractivity contribution is 0.552. The number of nitrogens with zero attached hydrogens (tertiary/aromatic N) is 2. The molecule has 0 heterocycles. The third-order valence-electron chi connectivity index (χ3n) is 3.07. The smallest absolute Gasteiger partial charge is 0.0910 e. The second kappa shape index (κ2) is 7.73. The summed E-state index contributed by atoms with van der Waals surface area (Å²) in [6.07, 6.45) is 1.72. The largest absolute Gasteiger partial charge is 0.366 e. The Hall–Kier alpha value is -1.42. The van der Waals surface area contributed by atoms with E-state index in [4.69, 9.17) is 34.8 Å². The quantitative estimate of drug-likeness (QED) is 0.525. The molecular formula is C16H16Cl3N3. The van der Waals surface area contributed by atoms with Crippen molar-refractivity contribution >= 4 is 58.2 Å². The molecular weight excluding hydrogens is 341 g/mol. The monoisotopic (exact) mass is 355 g/mol. The molecule has 0 atom stereocenters. The first-order valence-electron chi connectivity index (χ1n) is 6.76. The maximum Gasteiger partial charge on any atom is 0.0910 e. The Morgan fingerprint density at radius 3 is 2.45 bits per heavy atom. The van der Waals surface area contributed by atoms with Crippen molar-refractivity contribution in [2.75, 3.05) is 18.9 Å². The van der Waals surface area contributed by atoms with E-state index < -0.39 is 0 Å². The molecule has 2 aromatic rings. The van der Waals surface area contributed by atoms with E-state index in [9.17, 15) is 0 Å². The fraction of sp³-hybridized carbons (Fsp3) is 0.188. The molecule has 2 rings (SSSR count). The van der Waals surface area contributed by atoms with E-state index in [1.807, 2.05) is 37.1 Å². The molecule has 0 fully saturated rings. The van der Waals surface area contributed by atoms with Crippen molar-refractivity contribution in [1.29, 1.82) is 0 Å². The van der Waals surface area contributed by atoms with Gasteiger partial charge in [0, 0.05) is 13.6 Å². The van der Waals surface area contributed by atoms with Crippen LogP contribution in [-0.4, -0.2) is 24.8 Å². The Morgan fingerprint density at radius 2 is 1.77 bits per heavy atom. The number of aliphatic imine (C=N–C) groups is 1. The molecule has 0 amide bonds. The second-order valence-corrected chi connectivity index (χ2v) is 5.93. The first kappa shape index (κ1) is 16.9. The van der Waals surface area contributed by atoms with Crippen LogP contribution in [0, 0.1) is 0 Å². The van der Waals surface area contributed by atoms with Crippen LogP contribution < -0.4 is 5.32 Å². The number of halogens is 3. The van der Waals surface area contributed by atoms with Gasteiger partial charge in [-0.05, 0) is 31.2 Å². The minimum atomic E-state index is 0.514. The zero-order valence-corrected chi connectivity index (χ0v) is 14.5. The van der Waals surface area contributed by atoms with Gasteiger partial charge in [-0.1, -0.05) is 46.9 Å². The molecule has 0 aromatic heterocycles. The van der Waals surface area contributed by atoms with E-state index in [-0.39, 0.29) is 0 Å². The lowest BCUT2D eigenvalue weighted by atomic mass is 10.2. The van der Waals surface area contributed by atoms with Crippen LogP contribution in [0.5, 0.6) is 0 Å². The first-order chi connectivity index (χ1) is 10.5. The molecule has 0 unspecified atom stereocenters. The highest BCUT2D eigenvalue weighted by Gasteiger charge is 2.08. The second-order valence-electron chi connectivity index (χ2n) is 4.71. The van der Waals surface area contributed by atoms with Crippen LogP contribution >= 0.6 is 34.8 Å². The van der Waals surface area contributed by atoms with Gasteiger partial charge in [0.15, 0.2) is 0 Å². The Balaban J connectivity index is 2.27. The molecule has 22 heavy (non-hydrogen) atoms. The molecule has 1 N–H and O–H groups in total. The third kappa shape index (κ3) is 4.29. The van der Waals surface area contributed by atoms with Crippen LogP contribution in [0.2, 0.25) is 15.1 Å². The van der Waals surface area contributed by atoms with Crippen LogP contribution in [0.4, 0.5) is 17.1 Å². The molecule has 0 aliphatic rings. The summed E-state index contributed by atoms with van der Waals surface area (Å²) in [4.78, 5) is 6.28. The Bertz CT molecular complexity index is 686. The van der Waals surface area contributed by atoms with Gasteiger partial charge in [-0.2, -0.15) is 0 Å².